The number of carbonyl (C=O) groups excluding carboxylic acids is 2. The first-order chi connectivity index (χ1) is 10.5. The molecule has 0 aromatic heterocycles. The second-order valence-corrected chi connectivity index (χ2v) is 5.81. The fourth-order valence-electron chi connectivity index (χ4n) is 1.83. The molecule has 0 aliphatic heterocycles. The Hall–Kier alpha value is -1.26. The van der Waals surface area contributed by atoms with Crippen LogP contribution in [0.5, 0.6) is 0 Å². The molecule has 0 radical (unpaired) electrons. The van der Waals surface area contributed by atoms with Crippen LogP contribution in [-0.2, 0) is 20.7 Å². The number of esters is 1. The van der Waals surface area contributed by atoms with Crippen LogP contribution in [-0.4, -0.2) is 24.5 Å². The van der Waals surface area contributed by atoms with Gasteiger partial charge in [0.1, 0.15) is 6.04 Å². The molecule has 1 aromatic carbocycles. The lowest BCUT2D eigenvalue weighted by molar-refractivity contribution is -0.148. The fourth-order valence-corrected chi connectivity index (χ4v) is 2.30. The Morgan fingerprint density at radius 1 is 1.27 bits per heavy atom. The van der Waals surface area contributed by atoms with Gasteiger partial charge in [0, 0.05) is 10.0 Å². The molecule has 4 nitrogen and oxygen atoms in total. The quantitative estimate of drug-likeness (QED) is 0.576. The third kappa shape index (κ3) is 6.24. The van der Waals surface area contributed by atoms with Crippen molar-refractivity contribution < 1.29 is 14.3 Å². The molecule has 0 bridgehead atoms. The molecule has 0 aliphatic carbocycles. The van der Waals surface area contributed by atoms with E-state index in [2.05, 4.69) is 5.32 Å². The summed E-state index contributed by atoms with van der Waals surface area (Å²) in [6.07, 6.45) is 2.34. The lowest BCUT2D eigenvalue weighted by Gasteiger charge is -2.16. The predicted molar refractivity (Wildman–Crippen MR) is 88.3 cm³/mol. The van der Waals surface area contributed by atoms with Crippen LogP contribution in [0.15, 0.2) is 18.2 Å². The van der Waals surface area contributed by atoms with Crippen molar-refractivity contribution in [3.05, 3.63) is 33.8 Å². The number of hydrogen-bond donors (Lipinski definition) is 1. The summed E-state index contributed by atoms with van der Waals surface area (Å²) in [5.41, 5.74) is 0.665. The fraction of sp³-hybridized carbons (Fsp3) is 0.500. The number of hydrogen-bond acceptors (Lipinski definition) is 3. The van der Waals surface area contributed by atoms with E-state index in [1.165, 1.54) is 0 Å². The molecule has 0 heterocycles. The molecule has 1 rings (SSSR count). The van der Waals surface area contributed by atoms with Gasteiger partial charge < -0.3 is 10.1 Å². The van der Waals surface area contributed by atoms with Gasteiger partial charge in [-0.1, -0.05) is 49.5 Å². The van der Waals surface area contributed by atoms with Crippen molar-refractivity contribution in [2.75, 3.05) is 6.61 Å². The average Bonchev–Trinajstić information content (AvgIpc) is 2.47. The van der Waals surface area contributed by atoms with Crippen LogP contribution in [0.3, 0.4) is 0 Å². The van der Waals surface area contributed by atoms with Gasteiger partial charge in [0.2, 0.25) is 5.91 Å². The molecule has 6 heteroatoms. The SMILES string of the molecule is CCCCOC(=O)C(CC)NC(=O)Cc1ccc(Cl)cc1Cl. The zero-order valence-electron chi connectivity index (χ0n) is 12.8. The van der Waals surface area contributed by atoms with E-state index in [9.17, 15) is 9.59 Å². The Balaban J connectivity index is 2.55. The number of benzene rings is 1. The lowest BCUT2D eigenvalue weighted by atomic mass is 10.1. The molecule has 0 saturated carbocycles. The Morgan fingerprint density at radius 2 is 2.00 bits per heavy atom. The van der Waals surface area contributed by atoms with E-state index in [4.69, 9.17) is 27.9 Å². The largest absolute Gasteiger partial charge is 0.464 e. The van der Waals surface area contributed by atoms with Crippen LogP contribution in [0.4, 0.5) is 0 Å². The molecule has 0 saturated heterocycles. The highest BCUT2D eigenvalue weighted by Crippen LogP contribution is 2.21. The summed E-state index contributed by atoms with van der Waals surface area (Å²) in [5.74, 6) is -0.671. The zero-order valence-corrected chi connectivity index (χ0v) is 14.3. The summed E-state index contributed by atoms with van der Waals surface area (Å²) in [4.78, 5) is 23.9. The molecule has 1 unspecified atom stereocenters. The van der Waals surface area contributed by atoms with E-state index in [1.807, 2.05) is 13.8 Å². The van der Waals surface area contributed by atoms with Crippen molar-refractivity contribution in [3.63, 3.8) is 0 Å². The van der Waals surface area contributed by atoms with Gasteiger partial charge in [0.15, 0.2) is 0 Å². The van der Waals surface area contributed by atoms with Crippen LogP contribution >= 0.6 is 23.2 Å². The van der Waals surface area contributed by atoms with Crippen molar-refractivity contribution in [2.45, 2.75) is 45.6 Å². The summed E-state index contributed by atoms with van der Waals surface area (Å²) < 4.78 is 5.13. The Bertz CT molecular complexity index is 520. The van der Waals surface area contributed by atoms with Crippen molar-refractivity contribution in [3.8, 4) is 0 Å². The van der Waals surface area contributed by atoms with Gasteiger partial charge in [0.05, 0.1) is 13.0 Å². The van der Waals surface area contributed by atoms with Gasteiger partial charge in [-0.3, -0.25) is 4.79 Å². The molecule has 0 fully saturated rings. The lowest BCUT2D eigenvalue weighted by Crippen LogP contribution is -2.42. The van der Waals surface area contributed by atoms with E-state index in [1.54, 1.807) is 18.2 Å². The van der Waals surface area contributed by atoms with Gasteiger partial charge in [-0.2, -0.15) is 0 Å². The number of nitrogens with one attached hydrogen (secondary N) is 1. The highest BCUT2D eigenvalue weighted by atomic mass is 35.5. The summed E-state index contributed by atoms with van der Waals surface area (Å²) in [6, 6.07) is 4.33. The number of rotatable bonds is 8. The van der Waals surface area contributed by atoms with Crippen LogP contribution in [0.25, 0.3) is 0 Å². The predicted octanol–water partition coefficient (Wildman–Crippen LogP) is 3.77. The molecule has 0 aliphatic rings. The first-order valence-corrected chi connectivity index (χ1v) is 8.13. The van der Waals surface area contributed by atoms with Gasteiger partial charge in [-0.15, -0.1) is 0 Å². The number of halogens is 2. The van der Waals surface area contributed by atoms with Crippen molar-refractivity contribution in [2.24, 2.45) is 0 Å². The molecular formula is C16H21Cl2NO3. The summed E-state index contributed by atoms with van der Waals surface area (Å²) in [7, 11) is 0. The maximum Gasteiger partial charge on any atom is 0.328 e. The van der Waals surface area contributed by atoms with E-state index in [-0.39, 0.29) is 12.3 Å². The Morgan fingerprint density at radius 3 is 2.59 bits per heavy atom. The van der Waals surface area contributed by atoms with E-state index >= 15 is 0 Å². The minimum atomic E-state index is -0.629. The number of carbonyl (C=O) groups is 2. The molecule has 0 spiro atoms. The van der Waals surface area contributed by atoms with E-state index < -0.39 is 12.0 Å². The molecule has 1 aromatic rings. The van der Waals surface area contributed by atoms with Gasteiger partial charge in [-0.05, 0) is 30.5 Å². The van der Waals surface area contributed by atoms with Gasteiger partial charge >= 0.3 is 5.97 Å². The smallest absolute Gasteiger partial charge is 0.328 e. The molecule has 1 N–H and O–H groups in total. The molecule has 122 valence electrons. The first kappa shape index (κ1) is 18.8. The third-order valence-electron chi connectivity index (χ3n) is 3.14. The Kier molecular flexibility index (Phi) is 8.28. The van der Waals surface area contributed by atoms with Gasteiger partial charge in [0.25, 0.3) is 0 Å². The second kappa shape index (κ2) is 9.70. The number of ether oxygens (including phenoxy) is 1. The summed E-state index contributed by atoms with van der Waals surface area (Å²) in [5, 5.41) is 3.62. The number of unbranched alkanes of at least 4 members (excludes halogenated alkanes) is 1. The minimum absolute atomic E-state index is 0.0920. The highest BCUT2D eigenvalue weighted by Gasteiger charge is 2.20. The first-order valence-electron chi connectivity index (χ1n) is 7.37. The van der Waals surface area contributed by atoms with Crippen molar-refractivity contribution in [1.29, 1.82) is 0 Å². The van der Waals surface area contributed by atoms with Crippen molar-refractivity contribution in [1.82, 2.24) is 5.32 Å². The van der Waals surface area contributed by atoms with Gasteiger partial charge in [-0.25, -0.2) is 4.79 Å². The molecule has 1 atom stereocenters. The van der Waals surface area contributed by atoms with Crippen LogP contribution in [0.1, 0.15) is 38.7 Å². The summed E-state index contributed by atoms with van der Waals surface area (Å²) >= 11 is 11.9. The molecule has 22 heavy (non-hydrogen) atoms. The number of amides is 1. The normalized spacial score (nSPS) is 11.8. The third-order valence-corrected chi connectivity index (χ3v) is 3.72. The minimum Gasteiger partial charge on any atom is -0.464 e. The topological polar surface area (TPSA) is 55.4 Å². The van der Waals surface area contributed by atoms with Crippen molar-refractivity contribution >= 4 is 35.1 Å². The van der Waals surface area contributed by atoms with Crippen LogP contribution in [0.2, 0.25) is 10.0 Å². The Labute approximate surface area is 141 Å². The maximum absolute atomic E-state index is 12.0. The van der Waals surface area contributed by atoms with E-state index in [0.29, 0.717) is 28.6 Å². The van der Waals surface area contributed by atoms with E-state index in [0.717, 1.165) is 12.8 Å². The zero-order chi connectivity index (χ0) is 16.5. The maximum atomic E-state index is 12.0. The molecule has 1 amide bonds. The highest BCUT2D eigenvalue weighted by molar-refractivity contribution is 6.35. The average molecular weight is 346 g/mol. The standard InChI is InChI=1S/C16H21Cl2NO3/c1-3-5-8-22-16(21)14(4-2)19-15(20)9-11-6-7-12(17)10-13(11)18/h6-7,10,14H,3-5,8-9H2,1-2H3,(H,19,20). The monoisotopic (exact) mass is 345 g/mol. The molecular weight excluding hydrogens is 325 g/mol. The van der Waals surface area contributed by atoms with Crippen LogP contribution < -0.4 is 5.32 Å². The summed E-state index contributed by atoms with van der Waals surface area (Å²) in [6.45, 7) is 4.22. The van der Waals surface area contributed by atoms with Crippen LogP contribution in [0, 0.1) is 0 Å². The second-order valence-electron chi connectivity index (χ2n) is 4.96.